The lowest BCUT2D eigenvalue weighted by molar-refractivity contribution is -0.122. The molecule has 0 aliphatic heterocycles. The number of benzene rings is 2. The predicted molar refractivity (Wildman–Crippen MR) is 127 cm³/mol. The van der Waals surface area contributed by atoms with Crippen LogP contribution in [0.4, 0.5) is 5.69 Å². The third kappa shape index (κ3) is 5.42. The smallest absolute Gasteiger partial charge is 0.244 e. The van der Waals surface area contributed by atoms with Crippen LogP contribution in [0.1, 0.15) is 61.4 Å². The molecule has 2 aromatic rings. The Bertz CT molecular complexity index is 1070. The van der Waals surface area contributed by atoms with Gasteiger partial charge in [-0.3, -0.25) is 9.10 Å². The Kier molecular flexibility index (Phi) is 7.32. The number of hydrogen-bond donors (Lipinski definition) is 1. The zero-order valence-electron chi connectivity index (χ0n) is 18.6. The lowest BCUT2D eigenvalue weighted by Crippen LogP contribution is -2.48. The number of sulfonamides is 1. The second-order valence-corrected chi connectivity index (χ2v) is 10.7. The lowest BCUT2D eigenvalue weighted by atomic mass is 9.88. The van der Waals surface area contributed by atoms with Gasteiger partial charge >= 0.3 is 0 Å². The highest BCUT2D eigenvalue weighted by Crippen LogP contribution is 2.29. The van der Waals surface area contributed by atoms with Gasteiger partial charge in [0, 0.05) is 5.02 Å². The molecule has 2 aromatic carbocycles. The van der Waals surface area contributed by atoms with E-state index in [4.69, 9.17) is 11.6 Å². The van der Waals surface area contributed by atoms with E-state index in [-0.39, 0.29) is 11.9 Å². The first-order chi connectivity index (χ1) is 14.6. The molecule has 0 spiro atoms. The molecular formula is C24H31ClN2O3S. The Morgan fingerprint density at radius 3 is 2.45 bits per heavy atom. The van der Waals surface area contributed by atoms with Crippen LogP contribution in [0.2, 0.25) is 5.02 Å². The molecule has 1 aliphatic rings. The van der Waals surface area contributed by atoms with Crippen molar-refractivity contribution in [1.29, 1.82) is 0 Å². The van der Waals surface area contributed by atoms with Crippen molar-refractivity contribution in [2.24, 2.45) is 0 Å². The third-order valence-corrected chi connectivity index (χ3v) is 7.46. The molecule has 2 atom stereocenters. The normalized spacial score (nSPS) is 15.6. The number of hydrogen-bond acceptors (Lipinski definition) is 3. The first-order valence-electron chi connectivity index (χ1n) is 10.8. The summed E-state index contributed by atoms with van der Waals surface area (Å²) in [6.07, 6.45) is 6.42. The van der Waals surface area contributed by atoms with Gasteiger partial charge in [0.1, 0.15) is 6.04 Å². The van der Waals surface area contributed by atoms with E-state index < -0.39 is 16.1 Å². The summed E-state index contributed by atoms with van der Waals surface area (Å²) in [5.41, 5.74) is 4.96. The number of amides is 1. The summed E-state index contributed by atoms with van der Waals surface area (Å²) in [5.74, 6) is -0.339. The molecule has 0 saturated heterocycles. The van der Waals surface area contributed by atoms with Crippen LogP contribution in [-0.4, -0.2) is 26.6 Å². The molecule has 0 fully saturated rings. The molecule has 0 saturated carbocycles. The maximum atomic E-state index is 13.2. The van der Waals surface area contributed by atoms with E-state index >= 15 is 0 Å². The van der Waals surface area contributed by atoms with Crippen molar-refractivity contribution in [3.05, 3.63) is 63.7 Å². The Labute approximate surface area is 190 Å². The number of fused-ring (bicyclic) bond motifs is 1. The van der Waals surface area contributed by atoms with Gasteiger partial charge in [-0.05, 0) is 80.3 Å². The Hall–Kier alpha value is -2.05. The lowest BCUT2D eigenvalue weighted by Gasteiger charge is -2.31. The van der Waals surface area contributed by atoms with Crippen LogP contribution in [0.5, 0.6) is 0 Å². The summed E-state index contributed by atoms with van der Waals surface area (Å²) in [5, 5.41) is 3.49. The van der Waals surface area contributed by atoms with Crippen LogP contribution in [0.15, 0.2) is 36.4 Å². The van der Waals surface area contributed by atoms with Crippen LogP contribution in [0.25, 0.3) is 0 Å². The number of rotatable bonds is 7. The Morgan fingerprint density at radius 2 is 1.81 bits per heavy atom. The number of anilines is 1. The number of carbonyl (C=O) groups excluding carboxylic acids is 1. The van der Waals surface area contributed by atoms with E-state index in [9.17, 15) is 13.2 Å². The Morgan fingerprint density at radius 1 is 1.13 bits per heavy atom. The first-order valence-corrected chi connectivity index (χ1v) is 13.0. The zero-order chi connectivity index (χ0) is 22.8. The molecule has 7 heteroatoms. The summed E-state index contributed by atoms with van der Waals surface area (Å²) >= 11 is 6.12. The van der Waals surface area contributed by atoms with Crippen molar-refractivity contribution < 1.29 is 13.2 Å². The van der Waals surface area contributed by atoms with Crippen LogP contribution in [0, 0.1) is 6.92 Å². The van der Waals surface area contributed by atoms with Crippen LogP contribution >= 0.6 is 11.6 Å². The number of carbonyl (C=O) groups is 1. The summed E-state index contributed by atoms with van der Waals surface area (Å²) < 4.78 is 26.4. The molecule has 1 aliphatic carbocycles. The van der Waals surface area contributed by atoms with Crippen molar-refractivity contribution >= 4 is 33.2 Å². The molecule has 168 valence electrons. The molecule has 0 bridgehead atoms. The number of halogens is 1. The monoisotopic (exact) mass is 462 g/mol. The van der Waals surface area contributed by atoms with E-state index in [2.05, 4.69) is 23.5 Å². The zero-order valence-corrected chi connectivity index (χ0v) is 20.2. The van der Waals surface area contributed by atoms with Crippen LogP contribution in [-0.2, 0) is 27.7 Å². The summed E-state index contributed by atoms with van der Waals surface area (Å²) in [4.78, 5) is 13.2. The number of aryl methyl sites for hydroxylation is 3. The minimum absolute atomic E-state index is 0.177. The van der Waals surface area contributed by atoms with Crippen LogP contribution in [0.3, 0.4) is 0 Å². The van der Waals surface area contributed by atoms with Gasteiger partial charge in [-0.1, -0.05) is 42.8 Å². The maximum absolute atomic E-state index is 13.2. The quantitative estimate of drug-likeness (QED) is 0.633. The fourth-order valence-corrected chi connectivity index (χ4v) is 5.68. The second kappa shape index (κ2) is 9.61. The van der Waals surface area contributed by atoms with Gasteiger partial charge in [0.05, 0.1) is 18.0 Å². The Balaban J connectivity index is 1.86. The van der Waals surface area contributed by atoms with Crippen molar-refractivity contribution in [2.45, 2.75) is 65.0 Å². The highest BCUT2D eigenvalue weighted by Gasteiger charge is 2.31. The largest absolute Gasteiger partial charge is 0.347 e. The molecule has 0 aromatic heterocycles. The van der Waals surface area contributed by atoms with Gasteiger partial charge in [0.25, 0.3) is 0 Å². The van der Waals surface area contributed by atoms with Gasteiger partial charge in [0.15, 0.2) is 0 Å². The molecule has 0 unspecified atom stereocenters. The SMILES string of the molecule is CC[C@H](NC(=O)[C@H](C)N(c1cc(Cl)ccc1C)S(C)(=O)=O)c1ccc2c(c1)CCCC2. The van der Waals surface area contributed by atoms with Crippen molar-refractivity contribution in [2.75, 3.05) is 10.6 Å². The molecule has 0 heterocycles. The average molecular weight is 463 g/mol. The van der Waals surface area contributed by atoms with E-state index in [0.29, 0.717) is 17.1 Å². The average Bonchev–Trinajstić information content (AvgIpc) is 2.73. The van der Waals surface area contributed by atoms with Gasteiger partial charge < -0.3 is 5.32 Å². The topological polar surface area (TPSA) is 66.5 Å². The molecule has 5 nitrogen and oxygen atoms in total. The van der Waals surface area contributed by atoms with E-state index in [0.717, 1.165) is 34.5 Å². The predicted octanol–water partition coefficient (Wildman–Crippen LogP) is 4.95. The third-order valence-electron chi connectivity index (χ3n) is 6.00. The minimum atomic E-state index is -3.71. The fourth-order valence-electron chi connectivity index (χ4n) is 4.28. The summed E-state index contributed by atoms with van der Waals surface area (Å²) in [6.45, 7) is 5.43. The first kappa shape index (κ1) is 23.6. The molecule has 3 rings (SSSR count). The van der Waals surface area contributed by atoms with Crippen LogP contribution < -0.4 is 9.62 Å². The van der Waals surface area contributed by atoms with Gasteiger partial charge in [-0.25, -0.2) is 8.42 Å². The maximum Gasteiger partial charge on any atom is 0.244 e. The highest BCUT2D eigenvalue weighted by atomic mass is 35.5. The fraction of sp³-hybridized carbons (Fsp3) is 0.458. The number of nitrogens with zero attached hydrogens (tertiary/aromatic N) is 1. The molecule has 31 heavy (non-hydrogen) atoms. The standard InChI is InChI=1S/C24H31ClN2O3S/c1-5-22(20-12-11-18-8-6-7-9-19(18)14-20)26-24(28)17(3)27(31(4,29)30)23-15-21(25)13-10-16(23)2/h10-15,17,22H,5-9H2,1-4H3,(H,26,28)/t17-,22-/m0/s1. The van der Waals surface area contributed by atoms with Gasteiger partial charge in [-0.15, -0.1) is 0 Å². The van der Waals surface area contributed by atoms with Crippen molar-refractivity contribution in [3.8, 4) is 0 Å². The molecule has 1 N–H and O–H groups in total. The second-order valence-electron chi connectivity index (χ2n) is 8.37. The van der Waals surface area contributed by atoms with E-state index in [1.54, 1.807) is 32.0 Å². The summed E-state index contributed by atoms with van der Waals surface area (Å²) in [6, 6.07) is 10.4. The molecule has 0 radical (unpaired) electrons. The van der Waals surface area contributed by atoms with Gasteiger partial charge in [-0.2, -0.15) is 0 Å². The minimum Gasteiger partial charge on any atom is -0.347 e. The van der Waals surface area contributed by atoms with Crippen molar-refractivity contribution in [1.82, 2.24) is 5.32 Å². The highest BCUT2D eigenvalue weighted by molar-refractivity contribution is 7.92. The van der Waals surface area contributed by atoms with E-state index in [1.807, 2.05) is 6.92 Å². The molecule has 1 amide bonds. The van der Waals surface area contributed by atoms with E-state index in [1.165, 1.54) is 24.0 Å². The van der Waals surface area contributed by atoms with Gasteiger partial charge in [0.2, 0.25) is 15.9 Å². The summed E-state index contributed by atoms with van der Waals surface area (Å²) in [7, 11) is -3.71. The van der Waals surface area contributed by atoms with Crippen molar-refractivity contribution in [3.63, 3.8) is 0 Å². The molecular weight excluding hydrogens is 432 g/mol. The number of nitrogens with one attached hydrogen (secondary N) is 1.